The Kier molecular flexibility index (Phi) is 4.50. The third-order valence-corrected chi connectivity index (χ3v) is 5.83. The molecule has 2 aromatic heterocycles. The Hall–Kier alpha value is -2.67. The number of fused-ring (bicyclic) bond motifs is 2. The van der Waals surface area contributed by atoms with E-state index in [1.165, 1.54) is 11.3 Å². The van der Waals surface area contributed by atoms with Crippen LogP contribution in [0.1, 0.15) is 47.5 Å². The fourth-order valence-corrected chi connectivity index (χ4v) is 4.33. The number of hydrogen-bond acceptors (Lipinski definition) is 6. The van der Waals surface area contributed by atoms with Gasteiger partial charge in [-0.1, -0.05) is 20.8 Å². The number of benzene rings is 1. The van der Waals surface area contributed by atoms with E-state index in [0.29, 0.717) is 35.3 Å². The van der Waals surface area contributed by atoms with E-state index in [9.17, 15) is 4.79 Å². The molecule has 146 valence electrons. The van der Waals surface area contributed by atoms with Crippen molar-refractivity contribution >= 4 is 33.1 Å². The molecule has 1 N–H and O–H groups in total. The Morgan fingerprint density at radius 2 is 1.82 bits per heavy atom. The van der Waals surface area contributed by atoms with Crippen LogP contribution in [0.2, 0.25) is 0 Å². The molecule has 0 bridgehead atoms. The van der Waals surface area contributed by atoms with Crippen molar-refractivity contribution in [3.8, 4) is 11.5 Å². The van der Waals surface area contributed by atoms with Crippen molar-refractivity contribution < 1.29 is 14.3 Å². The summed E-state index contributed by atoms with van der Waals surface area (Å²) in [4.78, 5) is 23.8. The topological polar surface area (TPSA) is 73.3 Å². The van der Waals surface area contributed by atoms with Crippen LogP contribution in [0.4, 0.5) is 5.69 Å². The quantitative estimate of drug-likeness (QED) is 0.682. The first-order chi connectivity index (χ1) is 13.2. The number of aromatic nitrogens is 2. The zero-order valence-corrected chi connectivity index (χ0v) is 17.5. The van der Waals surface area contributed by atoms with Gasteiger partial charge in [0.2, 0.25) is 0 Å². The molecule has 0 saturated carbocycles. The van der Waals surface area contributed by atoms with E-state index in [1.54, 1.807) is 6.07 Å². The van der Waals surface area contributed by atoms with E-state index in [4.69, 9.17) is 14.5 Å². The second-order valence-electron chi connectivity index (χ2n) is 7.93. The lowest BCUT2D eigenvalue weighted by Gasteiger charge is -2.18. The number of thiophene rings is 1. The first kappa shape index (κ1) is 18.7. The SMILES string of the molecule is Cc1nc(C(C)(C)C)nc2sc(C(=O)Nc3ccc4c(c3)OCCO4)c(C)c12. The molecule has 1 aliphatic heterocycles. The molecule has 3 heterocycles. The molecule has 4 rings (SSSR count). The second kappa shape index (κ2) is 6.74. The maximum absolute atomic E-state index is 12.9. The van der Waals surface area contributed by atoms with Gasteiger partial charge in [-0.15, -0.1) is 11.3 Å². The highest BCUT2D eigenvalue weighted by atomic mass is 32.1. The Morgan fingerprint density at radius 1 is 1.11 bits per heavy atom. The van der Waals surface area contributed by atoms with Crippen LogP contribution in [0.5, 0.6) is 11.5 Å². The predicted octanol–water partition coefficient (Wildman–Crippen LogP) is 4.63. The molecule has 6 nitrogen and oxygen atoms in total. The Bertz CT molecular complexity index is 1080. The summed E-state index contributed by atoms with van der Waals surface area (Å²) in [5.74, 6) is 1.97. The summed E-state index contributed by atoms with van der Waals surface area (Å²) in [6, 6.07) is 5.42. The Morgan fingerprint density at radius 3 is 2.54 bits per heavy atom. The van der Waals surface area contributed by atoms with E-state index in [0.717, 1.165) is 27.3 Å². The predicted molar refractivity (Wildman–Crippen MR) is 111 cm³/mol. The second-order valence-corrected chi connectivity index (χ2v) is 8.93. The lowest BCUT2D eigenvalue weighted by Crippen LogP contribution is -2.16. The summed E-state index contributed by atoms with van der Waals surface area (Å²) in [6.07, 6.45) is 0. The van der Waals surface area contributed by atoms with Crippen molar-refractivity contribution in [2.45, 2.75) is 40.0 Å². The summed E-state index contributed by atoms with van der Waals surface area (Å²) in [5.41, 5.74) is 2.34. The van der Waals surface area contributed by atoms with E-state index < -0.39 is 0 Å². The molecule has 3 aromatic rings. The molecule has 0 radical (unpaired) electrons. The number of carbonyl (C=O) groups excluding carboxylic acids is 1. The van der Waals surface area contributed by atoms with Gasteiger partial charge in [0.1, 0.15) is 23.9 Å². The zero-order chi connectivity index (χ0) is 20.1. The summed E-state index contributed by atoms with van der Waals surface area (Å²) in [6.45, 7) is 11.2. The highest BCUT2D eigenvalue weighted by Gasteiger charge is 2.23. The minimum Gasteiger partial charge on any atom is -0.486 e. The van der Waals surface area contributed by atoms with Gasteiger partial charge in [-0.05, 0) is 31.5 Å². The van der Waals surface area contributed by atoms with Gasteiger partial charge in [0.25, 0.3) is 5.91 Å². The van der Waals surface area contributed by atoms with Crippen LogP contribution in [0.25, 0.3) is 10.2 Å². The highest BCUT2D eigenvalue weighted by Crippen LogP contribution is 2.35. The van der Waals surface area contributed by atoms with Crippen molar-refractivity contribution in [2.24, 2.45) is 0 Å². The number of carbonyl (C=O) groups is 1. The van der Waals surface area contributed by atoms with Gasteiger partial charge in [-0.3, -0.25) is 4.79 Å². The molecule has 0 atom stereocenters. The van der Waals surface area contributed by atoms with Gasteiger partial charge in [-0.2, -0.15) is 0 Å². The molecule has 0 spiro atoms. The summed E-state index contributed by atoms with van der Waals surface area (Å²) in [7, 11) is 0. The Labute approximate surface area is 167 Å². The van der Waals surface area contributed by atoms with Gasteiger partial charge >= 0.3 is 0 Å². The van der Waals surface area contributed by atoms with Crippen LogP contribution in [0.3, 0.4) is 0 Å². The normalized spacial score (nSPS) is 13.6. The standard InChI is InChI=1S/C21H23N3O3S/c1-11-16-12(2)22-20(21(3,4)5)24-19(16)28-17(11)18(25)23-13-6-7-14-15(10-13)27-9-8-26-14/h6-7,10H,8-9H2,1-5H3,(H,23,25). The van der Waals surface area contributed by atoms with Crippen LogP contribution >= 0.6 is 11.3 Å². The number of anilines is 1. The number of hydrogen-bond donors (Lipinski definition) is 1. The van der Waals surface area contributed by atoms with E-state index in [2.05, 4.69) is 31.1 Å². The van der Waals surface area contributed by atoms with Gasteiger partial charge in [-0.25, -0.2) is 9.97 Å². The average Bonchev–Trinajstić information content (AvgIpc) is 2.98. The number of aryl methyl sites for hydroxylation is 2. The van der Waals surface area contributed by atoms with E-state index in [1.807, 2.05) is 26.0 Å². The number of rotatable bonds is 2. The lowest BCUT2D eigenvalue weighted by atomic mass is 9.95. The van der Waals surface area contributed by atoms with Crippen molar-refractivity contribution in [2.75, 3.05) is 18.5 Å². The molecule has 0 fully saturated rings. The molecule has 1 amide bonds. The minimum atomic E-state index is -0.158. The molecular formula is C21H23N3O3S. The third-order valence-electron chi connectivity index (χ3n) is 4.65. The smallest absolute Gasteiger partial charge is 0.266 e. The van der Waals surface area contributed by atoms with Gasteiger partial charge in [0.15, 0.2) is 11.5 Å². The molecule has 0 saturated heterocycles. The first-order valence-corrected chi connectivity index (χ1v) is 10.0. The van der Waals surface area contributed by atoms with Gasteiger partial charge in [0, 0.05) is 22.6 Å². The monoisotopic (exact) mass is 397 g/mol. The zero-order valence-electron chi connectivity index (χ0n) is 16.7. The molecule has 1 aromatic carbocycles. The molecule has 28 heavy (non-hydrogen) atoms. The molecular weight excluding hydrogens is 374 g/mol. The van der Waals surface area contributed by atoms with Crippen LogP contribution in [0, 0.1) is 13.8 Å². The van der Waals surface area contributed by atoms with E-state index >= 15 is 0 Å². The van der Waals surface area contributed by atoms with Crippen LogP contribution in [-0.4, -0.2) is 29.1 Å². The lowest BCUT2D eigenvalue weighted by molar-refractivity contribution is 0.103. The molecule has 0 aliphatic carbocycles. The van der Waals surface area contributed by atoms with Crippen molar-refractivity contribution in [1.82, 2.24) is 9.97 Å². The number of ether oxygens (including phenoxy) is 2. The molecule has 7 heteroatoms. The number of nitrogens with zero attached hydrogens (tertiary/aromatic N) is 2. The van der Waals surface area contributed by atoms with Crippen molar-refractivity contribution in [3.63, 3.8) is 0 Å². The van der Waals surface area contributed by atoms with Gasteiger partial charge in [0.05, 0.1) is 10.6 Å². The number of nitrogens with one attached hydrogen (secondary N) is 1. The van der Waals surface area contributed by atoms with Crippen LogP contribution in [-0.2, 0) is 5.41 Å². The van der Waals surface area contributed by atoms with E-state index in [-0.39, 0.29) is 11.3 Å². The average molecular weight is 398 g/mol. The summed E-state index contributed by atoms with van der Waals surface area (Å²) in [5, 5.41) is 3.93. The largest absolute Gasteiger partial charge is 0.486 e. The fraction of sp³-hybridized carbons (Fsp3) is 0.381. The fourth-order valence-electron chi connectivity index (χ4n) is 3.20. The van der Waals surface area contributed by atoms with Crippen LogP contribution in [0.15, 0.2) is 18.2 Å². The van der Waals surface area contributed by atoms with Gasteiger partial charge < -0.3 is 14.8 Å². The first-order valence-electron chi connectivity index (χ1n) is 9.23. The molecule has 0 unspecified atom stereocenters. The van der Waals surface area contributed by atoms with Crippen molar-refractivity contribution in [1.29, 1.82) is 0 Å². The number of amides is 1. The third kappa shape index (κ3) is 3.30. The maximum atomic E-state index is 12.9. The highest BCUT2D eigenvalue weighted by molar-refractivity contribution is 7.20. The molecule has 1 aliphatic rings. The van der Waals surface area contributed by atoms with Crippen molar-refractivity contribution in [3.05, 3.63) is 40.2 Å². The Balaban J connectivity index is 1.68. The van der Waals surface area contributed by atoms with Crippen LogP contribution < -0.4 is 14.8 Å². The minimum absolute atomic E-state index is 0.148. The maximum Gasteiger partial charge on any atom is 0.266 e. The summed E-state index contributed by atoms with van der Waals surface area (Å²) < 4.78 is 11.1. The summed E-state index contributed by atoms with van der Waals surface area (Å²) >= 11 is 1.41.